The molecule has 0 bridgehead atoms. The average Bonchev–Trinajstić information content (AvgIpc) is 2.66. The first kappa shape index (κ1) is 10.1. The molecule has 0 aromatic carbocycles. The second-order valence-electron chi connectivity index (χ2n) is 3.77. The molecule has 1 aromatic rings. The molecule has 4 heteroatoms. The summed E-state index contributed by atoms with van der Waals surface area (Å²) in [5.74, 6) is 0.147. The van der Waals surface area contributed by atoms with E-state index in [9.17, 15) is 4.79 Å². The fourth-order valence-electron chi connectivity index (χ4n) is 1.72. The number of carbonyl (C=O) groups excluding carboxylic acids is 1. The maximum absolute atomic E-state index is 10.9. The lowest BCUT2D eigenvalue weighted by molar-refractivity contribution is -0.119. The summed E-state index contributed by atoms with van der Waals surface area (Å²) in [6.45, 7) is 1.65. The highest BCUT2D eigenvalue weighted by Gasteiger charge is 2.19. The monoisotopic (exact) mass is 205 g/mol. The van der Waals surface area contributed by atoms with Crippen LogP contribution in [0.5, 0.6) is 0 Å². The normalized spacial score (nSPS) is 20.3. The molecular weight excluding hydrogens is 190 g/mol. The van der Waals surface area contributed by atoms with Gasteiger partial charge in [-0.25, -0.2) is 0 Å². The van der Waals surface area contributed by atoms with E-state index in [1.54, 1.807) is 6.20 Å². The summed E-state index contributed by atoms with van der Waals surface area (Å²) in [4.78, 5) is 15.0. The van der Waals surface area contributed by atoms with Crippen LogP contribution in [0.25, 0.3) is 0 Å². The number of rotatable bonds is 4. The number of pyridine rings is 1. The van der Waals surface area contributed by atoms with Crippen molar-refractivity contribution in [3.05, 3.63) is 30.1 Å². The number of hydrogen-bond acceptors (Lipinski definition) is 3. The van der Waals surface area contributed by atoms with Crippen LogP contribution in [0.2, 0.25) is 0 Å². The Morgan fingerprint density at radius 1 is 1.60 bits per heavy atom. The van der Waals surface area contributed by atoms with E-state index in [4.69, 9.17) is 0 Å². The molecule has 80 valence electrons. The molecule has 0 radical (unpaired) electrons. The third-order valence-electron chi connectivity index (χ3n) is 2.55. The van der Waals surface area contributed by atoms with E-state index in [1.807, 2.05) is 12.3 Å². The molecule has 1 saturated heterocycles. The molecule has 1 aliphatic rings. The van der Waals surface area contributed by atoms with Gasteiger partial charge in [0.25, 0.3) is 0 Å². The average molecular weight is 205 g/mol. The van der Waals surface area contributed by atoms with Crippen LogP contribution in [-0.4, -0.2) is 30.0 Å². The lowest BCUT2D eigenvalue weighted by Gasteiger charge is -2.09. The van der Waals surface area contributed by atoms with Crippen molar-refractivity contribution in [1.29, 1.82) is 0 Å². The Morgan fingerprint density at radius 3 is 3.20 bits per heavy atom. The van der Waals surface area contributed by atoms with Gasteiger partial charge in [0.15, 0.2) is 0 Å². The van der Waals surface area contributed by atoms with E-state index in [2.05, 4.69) is 21.7 Å². The number of hydrogen-bond donors (Lipinski definition) is 2. The van der Waals surface area contributed by atoms with Gasteiger partial charge in [0.1, 0.15) is 0 Å². The molecule has 0 saturated carbocycles. The van der Waals surface area contributed by atoms with Gasteiger partial charge < -0.3 is 10.6 Å². The van der Waals surface area contributed by atoms with E-state index in [1.165, 1.54) is 5.56 Å². The van der Waals surface area contributed by atoms with E-state index in [-0.39, 0.29) is 5.91 Å². The van der Waals surface area contributed by atoms with Gasteiger partial charge in [-0.05, 0) is 24.6 Å². The van der Waals surface area contributed by atoms with Crippen LogP contribution in [-0.2, 0) is 11.2 Å². The Morgan fingerprint density at radius 2 is 2.53 bits per heavy atom. The third-order valence-corrected chi connectivity index (χ3v) is 2.55. The van der Waals surface area contributed by atoms with Gasteiger partial charge in [0, 0.05) is 31.4 Å². The molecule has 15 heavy (non-hydrogen) atoms. The minimum Gasteiger partial charge on any atom is -0.354 e. The third kappa shape index (κ3) is 3.02. The predicted octanol–water partition coefficient (Wildman–Crippen LogP) is 0.102. The van der Waals surface area contributed by atoms with Crippen LogP contribution in [0.3, 0.4) is 0 Å². The summed E-state index contributed by atoms with van der Waals surface area (Å²) < 4.78 is 0. The molecule has 2 rings (SSSR count). The second-order valence-corrected chi connectivity index (χ2v) is 3.77. The molecule has 1 aromatic heterocycles. The van der Waals surface area contributed by atoms with Crippen molar-refractivity contribution in [3.63, 3.8) is 0 Å². The molecule has 1 fully saturated rings. The largest absolute Gasteiger partial charge is 0.354 e. The lowest BCUT2D eigenvalue weighted by Crippen LogP contribution is -2.32. The minimum atomic E-state index is 0.147. The quantitative estimate of drug-likeness (QED) is 0.733. The first-order chi connectivity index (χ1) is 7.34. The van der Waals surface area contributed by atoms with Gasteiger partial charge in [0.05, 0.1) is 0 Å². The van der Waals surface area contributed by atoms with Crippen LogP contribution < -0.4 is 10.6 Å². The molecule has 0 spiro atoms. The Balaban J connectivity index is 1.69. The second kappa shape index (κ2) is 4.89. The van der Waals surface area contributed by atoms with Crippen LogP contribution in [0, 0.1) is 0 Å². The zero-order chi connectivity index (χ0) is 10.5. The van der Waals surface area contributed by atoms with E-state index < -0.39 is 0 Å². The van der Waals surface area contributed by atoms with Crippen LogP contribution >= 0.6 is 0 Å². The van der Waals surface area contributed by atoms with Gasteiger partial charge >= 0.3 is 0 Å². The van der Waals surface area contributed by atoms with E-state index >= 15 is 0 Å². The van der Waals surface area contributed by atoms with Crippen LogP contribution in [0.4, 0.5) is 0 Å². The molecule has 1 unspecified atom stereocenters. The zero-order valence-electron chi connectivity index (χ0n) is 8.57. The molecule has 1 atom stereocenters. The Labute approximate surface area is 89.1 Å². The highest BCUT2D eigenvalue weighted by Crippen LogP contribution is 2.00. The lowest BCUT2D eigenvalue weighted by atomic mass is 10.2. The van der Waals surface area contributed by atoms with Crippen molar-refractivity contribution in [1.82, 2.24) is 15.6 Å². The predicted molar refractivity (Wildman–Crippen MR) is 57.4 cm³/mol. The molecular formula is C11H15N3O. The summed E-state index contributed by atoms with van der Waals surface area (Å²) in [7, 11) is 0. The van der Waals surface area contributed by atoms with Crippen molar-refractivity contribution in [2.75, 3.05) is 13.1 Å². The molecule has 2 heterocycles. The molecule has 1 aliphatic heterocycles. The summed E-state index contributed by atoms with van der Waals surface area (Å²) in [5, 5.41) is 6.15. The number of amides is 1. The maximum Gasteiger partial charge on any atom is 0.221 e. The number of nitrogens with one attached hydrogen (secondary N) is 2. The Kier molecular flexibility index (Phi) is 3.29. The standard InChI is InChI=1S/C11H15N3O/c15-11-6-10(8-14-11)13-5-3-9-2-1-4-12-7-9/h1-2,4,7,10,13H,3,5-6,8H2,(H,14,15). The molecule has 2 N–H and O–H groups in total. The topological polar surface area (TPSA) is 54.0 Å². The zero-order valence-corrected chi connectivity index (χ0v) is 8.57. The Hall–Kier alpha value is -1.42. The summed E-state index contributed by atoms with van der Waals surface area (Å²) >= 11 is 0. The van der Waals surface area contributed by atoms with Crippen molar-refractivity contribution < 1.29 is 4.79 Å². The number of aromatic nitrogens is 1. The Bertz CT molecular complexity index is 326. The first-order valence-corrected chi connectivity index (χ1v) is 5.23. The molecule has 0 aliphatic carbocycles. The van der Waals surface area contributed by atoms with Crippen molar-refractivity contribution in [3.8, 4) is 0 Å². The summed E-state index contributed by atoms with van der Waals surface area (Å²) in [6, 6.07) is 4.30. The van der Waals surface area contributed by atoms with Gasteiger partial charge in [0.2, 0.25) is 5.91 Å². The fraction of sp³-hybridized carbons (Fsp3) is 0.455. The van der Waals surface area contributed by atoms with E-state index in [0.29, 0.717) is 12.5 Å². The summed E-state index contributed by atoms with van der Waals surface area (Å²) in [6.07, 6.45) is 5.21. The highest BCUT2D eigenvalue weighted by atomic mass is 16.1. The van der Waals surface area contributed by atoms with Crippen molar-refractivity contribution in [2.24, 2.45) is 0 Å². The number of nitrogens with zero attached hydrogens (tertiary/aromatic N) is 1. The van der Waals surface area contributed by atoms with Crippen LogP contribution in [0.15, 0.2) is 24.5 Å². The van der Waals surface area contributed by atoms with Gasteiger partial charge in [-0.15, -0.1) is 0 Å². The first-order valence-electron chi connectivity index (χ1n) is 5.23. The van der Waals surface area contributed by atoms with Crippen molar-refractivity contribution in [2.45, 2.75) is 18.9 Å². The SMILES string of the molecule is O=C1CC(NCCc2cccnc2)CN1. The molecule has 1 amide bonds. The smallest absolute Gasteiger partial charge is 0.221 e. The summed E-state index contributed by atoms with van der Waals surface area (Å²) in [5.41, 5.74) is 1.22. The maximum atomic E-state index is 10.9. The highest BCUT2D eigenvalue weighted by molar-refractivity contribution is 5.78. The molecule has 4 nitrogen and oxygen atoms in total. The van der Waals surface area contributed by atoms with Gasteiger partial charge in [-0.3, -0.25) is 9.78 Å². The van der Waals surface area contributed by atoms with E-state index in [0.717, 1.165) is 19.5 Å². The van der Waals surface area contributed by atoms with Gasteiger partial charge in [-0.2, -0.15) is 0 Å². The van der Waals surface area contributed by atoms with Crippen molar-refractivity contribution >= 4 is 5.91 Å². The number of carbonyl (C=O) groups is 1. The van der Waals surface area contributed by atoms with Crippen LogP contribution in [0.1, 0.15) is 12.0 Å². The minimum absolute atomic E-state index is 0.147. The fourth-order valence-corrected chi connectivity index (χ4v) is 1.72. The van der Waals surface area contributed by atoms with Gasteiger partial charge in [-0.1, -0.05) is 6.07 Å².